The maximum Gasteiger partial charge on any atom is 0.187 e. The largest absolute Gasteiger partial charge is 0.394 e. The fraction of sp³-hybridized carbons (Fsp3) is 0.944. The second-order valence-electron chi connectivity index (χ2n) is 17.3. The van der Waals surface area contributed by atoms with Crippen LogP contribution in [0.25, 0.3) is 0 Å². The molecule has 44 heavy (non-hydrogen) atoms. The molecule has 1 saturated heterocycles. The maximum atomic E-state index is 12.2. The van der Waals surface area contributed by atoms with Crippen LogP contribution in [0.3, 0.4) is 0 Å². The van der Waals surface area contributed by atoms with Crippen molar-refractivity contribution in [3.8, 4) is 0 Å². The fourth-order valence-corrected chi connectivity index (χ4v) is 11.8. The highest BCUT2D eigenvalue weighted by molar-refractivity contribution is 5.20. The van der Waals surface area contributed by atoms with E-state index in [-0.39, 0.29) is 39.6 Å². The molecule has 0 bridgehead atoms. The van der Waals surface area contributed by atoms with Gasteiger partial charge in [-0.3, -0.25) is 0 Å². The lowest BCUT2D eigenvalue weighted by molar-refractivity contribution is -0.336. The Kier molecular flexibility index (Phi) is 9.35. The van der Waals surface area contributed by atoms with Crippen LogP contribution in [0.2, 0.25) is 0 Å². The number of hydrogen-bond acceptors (Lipinski definition) is 8. The van der Waals surface area contributed by atoms with Crippen LogP contribution in [-0.2, 0) is 9.47 Å². The molecule has 0 aromatic heterocycles. The van der Waals surface area contributed by atoms with Gasteiger partial charge in [0.15, 0.2) is 6.29 Å². The molecule has 5 fully saturated rings. The highest BCUT2D eigenvalue weighted by atomic mass is 16.7. The van der Waals surface area contributed by atoms with Crippen LogP contribution in [0.5, 0.6) is 0 Å². The quantitative estimate of drug-likeness (QED) is 0.231. The Morgan fingerprint density at radius 2 is 1.52 bits per heavy atom. The SMILES string of the molecule is CC(C)=CCCC(C)(O[C@@H]1O[C@H](CO)[C@@H](O)[C@H](O)[C@H]1O)[C@H]1CC[C@]2(C)[C@@H]1[C@H](O)C[C@@H]1[C@@]3(C)CC[C@H](O)C(C)(C)[C@@H]3CC[C@]12C. The lowest BCUT2D eigenvalue weighted by atomic mass is 9.35. The highest BCUT2D eigenvalue weighted by Gasteiger charge is 2.71. The molecule has 0 aromatic rings. The minimum atomic E-state index is -1.50. The molecule has 15 atom stereocenters. The van der Waals surface area contributed by atoms with E-state index >= 15 is 0 Å². The zero-order valence-electron chi connectivity index (χ0n) is 28.5. The van der Waals surface area contributed by atoms with Crippen molar-refractivity contribution in [1.29, 1.82) is 0 Å². The van der Waals surface area contributed by atoms with Gasteiger partial charge < -0.3 is 40.1 Å². The van der Waals surface area contributed by atoms with Crippen molar-refractivity contribution in [1.82, 2.24) is 0 Å². The average molecular weight is 623 g/mol. The Labute approximate surface area is 265 Å². The molecule has 1 unspecified atom stereocenters. The van der Waals surface area contributed by atoms with Gasteiger partial charge in [0.25, 0.3) is 0 Å². The van der Waals surface area contributed by atoms with Gasteiger partial charge >= 0.3 is 0 Å². The summed E-state index contributed by atoms with van der Waals surface area (Å²) in [6, 6.07) is 0. The van der Waals surface area contributed by atoms with Gasteiger partial charge in [-0.05, 0) is 124 Å². The lowest BCUT2D eigenvalue weighted by Crippen LogP contribution is -2.67. The van der Waals surface area contributed by atoms with Gasteiger partial charge in [0, 0.05) is 0 Å². The maximum absolute atomic E-state index is 12.2. The van der Waals surface area contributed by atoms with Crippen LogP contribution in [0, 0.1) is 45.3 Å². The first kappa shape index (κ1) is 34.7. The van der Waals surface area contributed by atoms with Crippen molar-refractivity contribution < 1.29 is 40.1 Å². The topological polar surface area (TPSA) is 140 Å². The van der Waals surface area contributed by atoms with E-state index in [4.69, 9.17) is 9.47 Å². The summed E-state index contributed by atoms with van der Waals surface area (Å²) in [5.74, 6) is 0.713. The molecule has 8 nitrogen and oxygen atoms in total. The van der Waals surface area contributed by atoms with Gasteiger partial charge in [-0.25, -0.2) is 0 Å². The number of allylic oxidation sites excluding steroid dienone is 2. The zero-order valence-corrected chi connectivity index (χ0v) is 28.5. The third-order valence-corrected chi connectivity index (χ3v) is 14.6. The third-order valence-electron chi connectivity index (χ3n) is 14.6. The summed E-state index contributed by atoms with van der Waals surface area (Å²) in [5, 5.41) is 65.0. The van der Waals surface area contributed by atoms with Crippen molar-refractivity contribution in [3.63, 3.8) is 0 Å². The summed E-state index contributed by atoms with van der Waals surface area (Å²) in [7, 11) is 0. The van der Waals surface area contributed by atoms with Gasteiger partial charge in [0.2, 0.25) is 0 Å². The molecule has 8 heteroatoms. The summed E-state index contributed by atoms with van der Waals surface area (Å²) in [6.45, 7) is 17.5. The molecule has 254 valence electrons. The first-order chi connectivity index (χ1) is 20.4. The van der Waals surface area contributed by atoms with Crippen LogP contribution in [0.15, 0.2) is 11.6 Å². The summed E-state index contributed by atoms with van der Waals surface area (Å²) in [6.07, 6.45) is 2.60. The molecule has 0 radical (unpaired) electrons. The van der Waals surface area contributed by atoms with E-state index in [2.05, 4.69) is 61.5 Å². The first-order valence-corrected chi connectivity index (χ1v) is 17.3. The average Bonchev–Trinajstić information content (AvgIpc) is 3.33. The number of fused-ring (bicyclic) bond motifs is 5. The highest BCUT2D eigenvalue weighted by Crippen LogP contribution is 2.76. The molecule has 6 N–H and O–H groups in total. The molecule has 5 aliphatic rings. The number of hydrogen-bond donors (Lipinski definition) is 6. The van der Waals surface area contributed by atoms with Crippen molar-refractivity contribution in [2.75, 3.05) is 6.61 Å². The van der Waals surface area contributed by atoms with Crippen molar-refractivity contribution in [2.24, 2.45) is 45.3 Å². The van der Waals surface area contributed by atoms with Crippen molar-refractivity contribution >= 4 is 0 Å². The molecule has 5 rings (SSSR count). The predicted molar refractivity (Wildman–Crippen MR) is 168 cm³/mol. The molecule has 0 amide bonds. The Bertz CT molecular complexity index is 1070. The van der Waals surface area contributed by atoms with Crippen molar-refractivity contribution in [3.05, 3.63) is 11.6 Å². The van der Waals surface area contributed by atoms with Crippen LogP contribution in [0.1, 0.15) is 113 Å². The third kappa shape index (κ3) is 5.17. The summed E-state index contributed by atoms with van der Waals surface area (Å²) >= 11 is 0. The van der Waals surface area contributed by atoms with Gasteiger partial charge in [-0.2, -0.15) is 0 Å². The summed E-state index contributed by atoms with van der Waals surface area (Å²) < 4.78 is 12.6. The van der Waals surface area contributed by atoms with Crippen molar-refractivity contribution in [2.45, 2.75) is 162 Å². The van der Waals surface area contributed by atoms with E-state index in [1.165, 1.54) is 5.57 Å². The number of aliphatic hydroxyl groups excluding tert-OH is 6. The fourth-order valence-electron chi connectivity index (χ4n) is 11.8. The Morgan fingerprint density at radius 1 is 0.864 bits per heavy atom. The predicted octanol–water partition coefficient (Wildman–Crippen LogP) is 4.32. The second-order valence-corrected chi connectivity index (χ2v) is 17.3. The zero-order chi connectivity index (χ0) is 32.6. The van der Waals surface area contributed by atoms with Gasteiger partial charge in [0.1, 0.15) is 24.4 Å². The normalized spacial score (nSPS) is 51.5. The first-order valence-electron chi connectivity index (χ1n) is 17.3. The van der Waals surface area contributed by atoms with Gasteiger partial charge in [-0.15, -0.1) is 0 Å². The minimum absolute atomic E-state index is 0.0131. The number of ether oxygens (including phenoxy) is 2. The van der Waals surface area contributed by atoms with E-state index in [0.717, 1.165) is 51.4 Å². The summed E-state index contributed by atoms with van der Waals surface area (Å²) in [5.41, 5.74) is 0.171. The molecule has 1 heterocycles. The molecular weight excluding hydrogens is 560 g/mol. The second kappa shape index (κ2) is 11.8. The number of rotatable bonds is 7. The standard InChI is InChI=1S/C36H62O8/c1-20(2)10-9-14-36(8,44-31-30(42)29(41)28(40)23(19-37)43-31)21-11-16-35(7)27(21)22(38)18-25-33(5)15-13-26(39)32(3,4)24(33)12-17-34(25,35)6/h10,21-31,37-42H,9,11-19H2,1-8H3/t21-,22+,23+,24-,25+,26-,27-,28+,29-,30+,31-,33-,34+,35+,36?/m0/s1. The molecule has 0 spiro atoms. The Hall–Kier alpha value is -0.580. The van der Waals surface area contributed by atoms with Crippen LogP contribution in [-0.4, -0.2) is 85.8 Å². The van der Waals surface area contributed by atoms with E-state index in [0.29, 0.717) is 18.3 Å². The van der Waals surface area contributed by atoms with Gasteiger partial charge in [-0.1, -0.05) is 46.3 Å². The smallest absolute Gasteiger partial charge is 0.187 e. The monoisotopic (exact) mass is 622 g/mol. The molecule has 1 aliphatic heterocycles. The van der Waals surface area contributed by atoms with Crippen LogP contribution in [0.4, 0.5) is 0 Å². The number of aliphatic hydroxyl groups is 6. The summed E-state index contributed by atoms with van der Waals surface area (Å²) in [4.78, 5) is 0. The Balaban J connectivity index is 1.49. The van der Waals surface area contributed by atoms with Gasteiger partial charge in [0.05, 0.1) is 24.4 Å². The molecule has 4 aliphatic carbocycles. The van der Waals surface area contributed by atoms with E-state index in [1.807, 2.05) is 0 Å². The van der Waals surface area contributed by atoms with E-state index in [9.17, 15) is 30.6 Å². The van der Waals surface area contributed by atoms with Crippen LogP contribution < -0.4 is 0 Å². The molecule has 4 saturated carbocycles. The molecule has 0 aromatic carbocycles. The Morgan fingerprint density at radius 3 is 2.16 bits per heavy atom. The lowest BCUT2D eigenvalue weighted by Gasteiger charge is -2.70. The van der Waals surface area contributed by atoms with Crippen LogP contribution >= 0.6 is 0 Å². The minimum Gasteiger partial charge on any atom is -0.394 e. The van der Waals surface area contributed by atoms with E-state index in [1.54, 1.807) is 0 Å². The molecular formula is C36H62O8. The van der Waals surface area contributed by atoms with E-state index < -0.39 is 49.0 Å².